The summed E-state index contributed by atoms with van der Waals surface area (Å²) >= 11 is 0. The van der Waals surface area contributed by atoms with Crippen LogP contribution in [0, 0.1) is 25.5 Å². The van der Waals surface area contributed by atoms with Crippen molar-refractivity contribution in [1.29, 1.82) is 0 Å². The zero-order valence-corrected chi connectivity index (χ0v) is 12.4. The van der Waals surface area contributed by atoms with E-state index < -0.39 is 23.1 Å². The summed E-state index contributed by atoms with van der Waals surface area (Å²) in [5.74, 6) is -1.67. The van der Waals surface area contributed by atoms with Crippen LogP contribution < -0.4 is 0 Å². The van der Waals surface area contributed by atoms with Crippen LogP contribution in [0.25, 0.3) is 0 Å². The first-order chi connectivity index (χ1) is 10.5. The van der Waals surface area contributed by atoms with Gasteiger partial charge in [-0.25, -0.2) is 8.78 Å². The lowest BCUT2D eigenvalue weighted by Gasteiger charge is -2.25. The Kier molecular flexibility index (Phi) is 3.68. The lowest BCUT2D eigenvalue weighted by atomic mass is 10.0. The third-order valence-electron chi connectivity index (χ3n) is 4.11. The van der Waals surface area contributed by atoms with Crippen molar-refractivity contribution in [2.24, 2.45) is 0 Å². The highest BCUT2D eigenvalue weighted by molar-refractivity contribution is 5.95. The summed E-state index contributed by atoms with van der Waals surface area (Å²) in [6.45, 7) is 4.04. The molecule has 1 aromatic carbocycles. The SMILES string of the molecule is Cc1noc(C)c1[C@H]1CCCN1C(=O)c1c(F)cccc1F. The Morgan fingerprint density at radius 2 is 2.00 bits per heavy atom. The van der Waals surface area contributed by atoms with Crippen LogP contribution in [-0.2, 0) is 0 Å². The second kappa shape index (κ2) is 5.51. The fraction of sp³-hybridized carbons (Fsp3) is 0.375. The predicted octanol–water partition coefficient (Wildman–Crippen LogP) is 3.55. The van der Waals surface area contributed by atoms with E-state index in [0.717, 1.165) is 30.5 Å². The predicted molar refractivity (Wildman–Crippen MR) is 75.3 cm³/mol. The van der Waals surface area contributed by atoms with Gasteiger partial charge in [0.15, 0.2) is 0 Å². The summed E-state index contributed by atoms with van der Waals surface area (Å²) in [5.41, 5.74) is 1.04. The van der Waals surface area contributed by atoms with Crippen LogP contribution >= 0.6 is 0 Å². The minimum absolute atomic E-state index is 0.252. The second-order valence-electron chi connectivity index (χ2n) is 5.49. The number of rotatable bonds is 2. The number of benzene rings is 1. The van der Waals surface area contributed by atoms with Gasteiger partial charge < -0.3 is 9.42 Å². The Morgan fingerprint density at radius 1 is 1.32 bits per heavy atom. The van der Waals surface area contributed by atoms with Crippen molar-refractivity contribution >= 4 is 5.91 Å². The molecule has 1 aromatic heterocycles. The lowest BCUT2D eigenvalue weighted by Crippen LogP contribution is -2.32. The molecular formula is C16H16F2N2O2. The van der Waals surface area contributed by atoms with E-state index in [1.165, 1.54) is 11.0 Å². The van der Waals surface area contributed by atoms with E-state index in [-0.39, 0.29) is 6.04 Å². The molecule has 4 nitrogen and oxygen atoms in total. The molecule has 0 saturated carbocycles. The Morgan fingerprint density at radius 3 is 2.59 bits per heavy atom. The summed E-state index contributed by atoms with van der Waals surface area (Å²) in [4.78, 5) is 14.1. The van der Waals surface area contributed by atoms with Gasteiger partial charge in [-0.05, 0) is 38.8 Å². The molecule has 0 aliphatic carbocycles. The lowest BCUT2D eigenvalue weighted by molar-refractivity contribution is 0.0724. The minimum atomic E-state index is -0.839. The molecule has 0 bridgehead atoms. The van der Waals surface area contributed by atoms with E-state index >= 15 is 0 Å². The topological polar surface area (TPSA) is 46.3 Å². The molecule has 1 aliphatic rings. The van der Waals surface area contributed by atoms with Gasteiger partial charge in [-0.1, -0.05) is 11.2 Å². The highest BCUT2D eigenvalue weighted by Gasteiger charge is 2.36. The number of nitrogens with zero attached hydrogens (tertiary/aromatic N) is 2. The molecule has 0 spiro atoms. The Bertz CT molecular complexity index is 687. The van der Waals surface area contributed by atoms with Gasteiger partial charge in [0.05, 0.1) is 11.7 Å². The van der Waals surface area contributed by atoms with Crippen LogP contribution in [-0.4, -0.2) is 22.5 Å². The molecule has 1 saturated heterocycles. The first-order valence-electron chi connectivity index (χ1n) is 7.18. The average molecular weight is 306 g/mol. The van der Waals surface area contributed by atoms with Gasteiger partial charge in [-0.2, -0.15) is 0 Å². The van der Waals surface area contributed by atoms with E-state index in [1.54, 1.807) is 13.8 Å². The number of amides is 1. The number of hydrogen-bond acceptors (Lipinski definition) is 3. The van der Waals surface area contributed by atoms with E-state index in [9.17, 15) is 13.6 Å². The maximum absolute atomic E-state index is 13.9. The zero-order valence-electron chi connectivity index (χ0n) is 12.4. The van der Waals surface area contributed by atoms with Crippen LogP contribution in [0.15, 0.2) is 22.7 Å². The highest BCUT2D eigenvalue weighted by Crippen LogP contribution is 2.36. The molecule has 116 valence electrons. The van der Waals surface area contributed by atoms with Crippen LogP contribution in [0.1, 0.15) is 46.3 Å². The van der Waals surface area contributed by atoms with Crippen molar-refractivity contribution < 1.29 is 18.1 Å². The van der Waals surface area contributed by atoms with E-state index in [0.29, 0.717) is 18.0 Å². The molecular weight excluding hydrogens is 290 g/mol. The quantitative estimate of drug-likeness (QED) is 0.852. The van der Waals surface area contributed by atoms with Crippen LogP contribution in [0.2, 0.25) is 0 Å². The molecule has 0 unspecified atom stereocenters. The van der Waals surface area contributed by atoms with Crippen molar-refractivity contribution in [3.8, 4) is 0 Å². The third-order valence-corrected chi connectivity index (χ3v) is 4.11. The monoisotopic (exact) mass is 306 g/mol. The molecule has 6 heteroatoms. The average Bonchev–Trinajstić information content (AvgIpc) is 3.05. The molecule has 2 heterocycles. The molecule has 22 heavy (non-hydrogen) atoms. The van der Waals surface area contributed by atoms with E-state index in [4.69, 9.17) is 4.52 Å². The summed E-state index contributed by atoms with van der Waals surface area (Å²) in [6, 6.07) is 3.18. The first-order valence-corrected chi connectivity index (χ1v) is 7.18. The number of aryl methyl sites for hydroxylation is 2. The number of halogens is 2. The molecule has 0 N–H and O–H groups in total. The maximum atomic E-state index is 13.9. The molecule has 0 radical (unpaired) electrons. The normalized spacial score (nSPS) is 18.0. The van der Waals surface area contributed by atoms with Gasteiger partial charge in [0.2, 0.25) is 0 Å². The van der Waals surface area contributed by atoms with Gasteiger partial charge in [0, 0.05) is 12.1 Å². The maximum Gasteiger partial charge on any atom is 0.260 e. The number of carbonyl (C=O) groups is 1. The third kappa shape index (κ3) is 2.28. The number of aromatic nitrogens is 1. The Hall–Kier alpha value is -2.24. The summed E-state index contributed by atoms with van der Waals surface area (Å²) in [7, 11) is 0. The van der Waals surface area contributed by atoms with E-state index in [2.05, 4.69) is 5.16 Å². The smallest absolute Gasteiger partial charge is 0.260 e. The largest absolute Gasteiger partial charge is 0.361 e. The van der Waals surface area contributed by atoms with Gasteiger partial charge in [-0.15, -0.1) is 0 Å². The van der Waals surface area contributed by atoms with Crippen LogP contribution in [0.5, 0.6) is 0 Å². The molecule has 1 amide bonds. The van der Waals surface area contributed by atoms with Crippen molar-refractivity contribution in [3.63, 3.8) is 0 Å². The highest BCUT2D eigenvalue weighted by atomic mass is 19.1. The number of carbonyl (C=O) groups excluding carboxylic acids is 1. The summed E-state index contributed by atoms with van der Waals surface area (Å²) in [5, 5.41) is 3.90. The van der Waals surface area contributed by atoms with Gasteiger partial charge in [0.1, 0.15) is 23.0 Å². The fourth-order valence-corrected chi connectivity index (χ4v) is 3.12. The van der Waals surface area contributed by atoms with Crippen LogP contribution in [0.4, 0.5) is 8.78 Å². The van der Waals surface area contributed by atoms with Gasteiger partial charge in [0.25, 0.3) is 5.91 Å². The van der Waals surface area contributed by atoms with E-state index in [1.807, 2.05) is 0 Å². The molecule has 1 atom stereocenters. The van der Waals surface area contributed by atoms with Gasteiger partial charge in [-0.3, -0.25) is 4.79 Å². The summed E-state index contributed by atoms with van der Waals surface area (Å²) < 4.78 is 32.9. The second-order valence-corrected chi connectivity index (χ2v) is 5.49. The Labute approximate surface area is 126 Å². The molecule has 1 fully saturated rings. The van der Waals surface area contributed by atoms with Crippen LogP contribution in [0.3, 0.4) is 0 Å². The van der Waals surface area contributed by atoms with Crippen molar-refractivity contribution in [3.05, 3.63) is 52.4 Å². The summed E-state index contributed by atoms with van der Waals surface area (Å²) in [6.07, 6.45) is 1.50. The zero-order chi connectivity index (χ0) is 15.9. The minimum Gasteiger partial charge on any atom is -0.361 e. The van der Waals surface area contributed by atoms with Crippen molar-refractivity contribution in [2.75, 3.05) is 6.54 Å². The standard InChI is InChI=1S/C16H16F2N2O2/c1-9-14(10(2)22-19-9)13-7-4-8-20(13)16(21)15-11(17)5-3-6-12(15)18/h3,5-6,13H,4,7-8H2,1-2H3/t13-/m1/s1. The molecule has 3 rings (SSSR count). The number of likely N-dealkylation sites (tertiary alicyclic amines) is 1. The molecule has 2 aromatic rings. The molecule has 1 aliphatic heterocycles. The van der Waals surface area contributed by atoms with Crippen molar-refractivity contribution in [1.82, 2.24) is 10.1 Å². The fourth-order valence-electron chi connectivity index (χ4n) is 3.12. The van der Waals surface area contributed by atoms with Crippen molar-refractivity contribution in [2.45, 2.75) is 32.7 Å². The Balaban J connectivity index is 1.99. The number of hydrogen-bond donors (Lipinski definition) is 0. The van der Waals surface area contributed by atoms with Gasteiger partial charge >= 0.3 is 0 Å². The first kappa shape index (κ1) is 14.7.